The third-order valence-electron chi connectivity index (χ3n) is 3.67. The third-order valence-corrected chi connectivity index (χ3v) is 3.92. The first-order valence-electron chi connectivity index (χ1n) is 7.87. The Labute approximate surface area is 137 Å². The lowest BCUT2D eigenvalue weighted by molar-refractivity contribution is -0.139. The summed E-state index contributed by atoms with van der Waals surface area (Å²) < 4.78 is 0. The van der Waals surface area contributed by atoms with Gasteiger partial charge in [-0.25, -0.2) is 0 Å². The lowest BCUT2D eigenvalue weighted by Gasteiger charge is -2.15. The molecule has 0 bridgehead atoms. The number of hydrogen-bond acceptors (Lipinski definition) is 2. The molecular formula is C17H25ClN2O2. The molecule has 0 saturated carbocycles. The lowest BCUT2D eigenvalue weighted by atomic mass is 9.99. The molecule has 1 atom stereocenters. The molecule has 2 N–H and O–H groups in total. The molecule has 0 fully saturated rings. The maximum absolute atomic E-state index is 11.8. The summed E-state index contributed by atoms with van der Waals surface area (Å²) in [6.45, 7) is 5.13. The van der Waals surface area contributed by atoms with E-state index in [1.807, 2.05) is 12.1 Å². The zero-order chi connectivity index (χ0) is 16.4. The number of nitrogens with one attached hydrogen (secondary N) is 2. The Bertz CT molecular complexity index is 474. The molecule has 0 saturated heterocycles. The van der Waals surface area contributed by atoms with E-state index in [4.69, 9.17) is 11.6 Å². The Morgan fingerprint density at radius 2 is 1.73 bits per heavy atom. The number of rotatable bonds is 8. The van der Waals surface area contributed by atoms with Crippen LogP contribution in [0, 0.1) is 5.92 Å². The number of halogens is 1. The predicted molar refractivity (Wildman–Crippen MR) is 89.6 cm³/mol. The van der Waals surface area contributed by atoms with Gasteiger partial charge >= 0.3 is 11.8 Å². The van der Waals surface area contributed by atoms with Crippen molar-refractivity contribution in [2.24, 2.45) is 5.92 Å². The molecule has 4 nitrogen and oxygen atoms in total. The smallest absolute Gasteiger partial charge is 0.309 e. The van der Waals surface area contributed by atoms with Crippen LogP contribution in [-0.2, 0) is 16.1 Å². The van der Waals surface area contributed by atoms with Crippen molar-refractivity contribution in [3.05, 3.63) is 34.9 Å². The maximum atomic E-state index is 11.8. The highest BCUT2D eigenvalue weighted by molar-refractivity contribution is 6.35. The SMILES string of the molecule is CCCC[C@H](CC)CNC(=O)C(=O)NCc1ccc(Cl)cc1. The van der Waals surface area contributed by atoms with Crippen molar-refractivity contribution >= 4 is 23.4 Å². The normalized spacial score (nSPS) is 11.8. The van der Waals surface area contributed by atoms with Gasteiger partial charge in [0.1, 0.15) is 0 Å². The molecule has 0 aliphatic carbocycles. The van der Waals surface area contributed by atoms with E-state index >= 15 is 0 Å². The fraction of sp³-hybridized carbons (Fsp3) is 0.529. The molecule has 0 unspecified atom stereocenters. The summed E-state index contributed by atoms with van der Waals surface area (Å²) in [5, 5.41) is 5.97. The van der Waals surface area contributed by atoms with Crippen molar-refractivity contribution < 1.29 is 9.59 Å². The van der Waals surface area contributed by atoms with E-state index in [1.165, 1.54) is 0 Å². The van der Waals surface area contributed by atoms with E-state index < -0.39 is 11.8 Å². The van der Waals surface area contributed by atoms with Crippen molar-refractivity contribution in [3.8, 4) is 0 Å². The Morgan fingerprint density at radius 1 is 1.09 bits per heavy atom. The quantitative estimate of drug-likeness (QED) is 0.721. The number of hydrogen-bond donors (Lipinski definition) is 2. The number of unbranched alkanes of at least 4 members (excludes halogenated alkanes) is 1. The van der Waals surface area contributed by atoms with Gasteiger partial charge in [0.05, 0.1) is 0 Å². The molecule has 2 amide bonds. The van der Waals surface area contributed by atoms with Gasteiger partial charge in [0, 0.05) is 18.1 Å². The highest BCUT2D eigenvalue weighted by Crippen LogP contribution is 2.11. The van der Waals surface area contributed by atoms with Crippen LogP contribution in [0.4, 0.5) is 0 Å². The lowest BCUT2D eigenvalue weighted by Crippen LogP contribution is -2.41. The second kappa shape index (κ2) is 10.2. The average molecular weight is 325 g/mol. The molecule has 122 valence electrons. The summed E-state index contributed by atoms with van der Waals surface area (Å²) in [7, 11) is 0. The van der Waals surface area contributed by atoms with Crippen molar-refractivity contribution in [1.82, 2.24) is 10.6 Å². The summed E-state index contributed by atoms with van der Waals surface area (Å²) in [6.07, 6.45) is 4.38. The van der Waals surface area contributed by atoms with Crippen LogP contribution in [0.5, 0.6) is 0 Å². The Hall–Kier alpha value is -1.55. The summed E-state index contributed by atoms with van der Waals surface area (Å²) in [4.78, 5) is 23.5. The molecule has 1 rings (SSSR count). The monoisotopic (exact) mass is 324 g/mol. The highest BCUT2D eigenvalue weighted by Gasteiger charge is 2.14. The van der Waals surface area contributed by atoms with Crippen molar-refractivity contribution in [1.29, 1.82) is 0 Å². The number of carbonyl (C=O) groups is 2. The maximum Gasteiger partial charge on any atom is 0.309 e. The molecule has 5 heteroatoms. The van der Waals surface area contributed by atoms with Gasteiger partial charge in [0.25, 0.3) is 0 Å². The van der Waals surface area contributed by atoms with Crippen molar-refractivity contribution in [2.75, 3.05) is 6.54 Å². The van der Waals surface area contributed by atoms with Gasteiger partial charge in [0.15, 0.2) is 0 Å². The fourth-order valence-corrected chi connectivity index (χ4v) is 2.25. The van der Waals surface area contributed by atoms with Gasteiger partial charge in [0.2, 0.25) is 0 Å². The second-order valence-electron chi connectivity index (χ2n) is 5.44. The number of amides is 2. The van der Waals surface area contributed by atoms with E-state index in [0.717, 1.165) is 31.2 Å². The van der Waals surface area contributed by atoms with Gasteiger partial charge in [-0.3, -0.25) is 9.59 Å². The largest absolute Gasteiger partial charge is 0.348 e. The Balaban J connectivity index is 2.32. The standard InChI is InChI=1S/C17H25ClN2O2/c1-3-5-6-13(4-2)11-19-16(21)17(22)20-12-14-7-9-15(18)10-8-14/h7-10,13H,3-6,11-12H2,1-2H3,(H,19,21)(H,20,22)/t13-/m0/s1. The highest BCUT2D eigenvalue weighted by atomic mass is 35.5. The summed E-state index contributed by atoms with van der Waals surface area (Å²) in [6, 6.07) is 7.14. The molecular weight excluding hydrogens is 300 g/mol. The summed E-state index contributed by atoms with van der Waals surface area (Å²) in [5.74, 6) is -0.725. The van der Waals surface area contributed by atoms with Gasteiger partial charge in [-0.1, -0.05) is 56.8 Å². The van der Waals surface area contributed by atoms with Gasteiger partial charge in [-0.2, -0.15) is 0 Å². The number of carbonyl (C=O) groups excluding carboxylic acids is 2. The first kappa shape index (κ1) is 18.5. The molecule has 0 heterocycles. The minimum absolute atomic E-state index is 0.316. The molecule has 0 aromatic heterocycles. The van der Waals surface area contributed by atoms with E-state index in [9.17, 15) is 9.59 Å². The molecule has 0 aliphatic heterocycles. The third kappa shape index (κ3) is 6.94. The van der Waals surface area contributed by atoms with Crippen LogP contribution in [0.25, 0.3) is 0 Å². The van der Waals surface area contributed by atoms with Crippen LogP contribution in [-0.4, -0.2) is 18.4 Å². The van der Waals surface area contributed by atoms with E-state index in [2.05, 4.69) is 24.5 Å². The molecule has 1 aromatic rings. The Morgan fingerprint density at radius 3 is 2.32 bits per heavy atom. The summed E-state index contributed by atoms with van der Waals surface area (Å²) >= 11 is 5.79. The topological polar surface area (TPSA) is 58.2 Å². The van der Waals surface area contributed by atoms with Crippen LogP contribution in [0.3, 0.4) is 0 Å². The Kier molecular flexibility index (Phi) is 8.60. The van der Waals surface area contributed by atoms with Crippen LogP contribution in [0.15, 0.2) is 24.3 Å². The minimum Gasteiger partial charge on any atom is -0.348 e. The summed E-state index contributed by atoms with van der Waals surface area (Å²) in [5.41, 5.74) is 0.903. The predicted octanol–water partition coefficient (Wildman–Crippen LogP) is 3.29. The van der Waals surface area contributed by atoms with E-state index in [1.54, 1.807) is 12.1 Å². The number of benzene rings is 1. The van der Waals surface area contributed by atoms with Crippen LogP contribution < -0.4 is 10.6 Å². The molecule has 1 aromatic carbocycles. The first-order valence-corrected chi connectivity index (χ1v) is 8.25. The van der Waals surface area contributed by atoms with Crippen LogP contribution in [0.1, 0.15) is 45.1 Å². The molecule has 0 spiro atoms. The van der Waals surface area contributed by atoms with Crippen molar-refractivity contribution in [2.45, 2.75) is 46.1 Å². The van der Waals surface area contributed by atoms with Gasteiger partial charge < -0.3 is 10.6 Å². The van der Waals surface area contributed by atoms with E-state index in [0.29, 0.717) is 24.0 Å². The zero-order valence-corrected chi connectivity index (χ0v) is 14.1. The van der Waals surface area contributed by atoms with Crippen LogP contribution in [0.2, 0.25) is 5.02 Å². The molecule has 0 aliphatic rings. The average Bonchev–Trinajstić information content (AvgIpc) is 2.54. The van der Waals surface area contributed by atoms with Crippen molar-refractivity contribution in [3.63, 3.8) is 0 Å². The second-order valence-corrected chi connectivity index (χ2v) is 5.87. The zero-order valence-electron chi connectivity index (χ0n) is 13.3. The van der Waals surface area contributed by atoms with E-state index in [-0.39, 0.29) is 0 Å². The van der Waals surface area contributed by atoms with Crippen LogP contribution >= 0.6 is 11.6 Å². The minimum atomic E-state index is -0.597. The van der Waals surface area contributed by atoms with Gasteiger partial charge in [-0.15, -0.1) is 0 Å². The first-order chi connectivity index (χ1) is 10.6. The fourth-order valence-electron chi connectivity index (χ4n) is 2.13. The van der Waals surface area contributed by atoms with Gasteiger partial charge in [-0.05, 0) is 30.0 Å². The molecule has 0 radical (unpaired) electrons. The molecule has 22 heavy (non-hydrogen) atoms.